The average molecular weight is 680 g/mol. The van der Waals surface area contributed by atoms with Gasteiger partial charge in [0, 0.05) is 22.7 Å². The summed E-state index contributed by atoms with van der Waals surface area (Å²) in [5.74, 6) is -0.00782. The lowest BCUT2D eigenvalue weighted by atomic mass is 10.0. The predicted octanol–water partition coefficient (Wildman–Crippen LogP) is 8.84. The molecule has 1 unspecified atom stereocenters. The number of thiophene rings is 1. The molecular formula is C37H33N3O4S3. The number of hydrogen-bond donors (Lipinski definition) is 2. The summed E-state index contributed by atoms with van der Waals surface area (Å²) in [6.07, 6.45) is 3.56. The maximum Gasteiger partial charge on any atom is 0.341 e. The second-order valence-electron chi connectivity index (χ2n) is 8.44. The van der Waals surface area contributed by atoms with Gasteiger partial charge in [0.05, 0.1) is 16.5 Å². The van der Waals surface area contributed by atoms with E-state index in [1.54, 1.807) is 18.3 Å². The minimum Gasteiger partial charge on any atom is -0.482 e. The van der Waals surface area contributed by atoms with E-state index in [1.165, 1.54) is 22.7 Å². The first kappa shape index (κ1) is 39.4. The molecule has 3 aromatic heterocycles. The van der Waals surface area contributed by atoms with Gasteiger partial charge in [0.15, 0.2) is 6.61 Å². The van der Waals surface area contributed by atoms with Crippen molar-refractivity contribution in [3.8, 4) is 27.6 Å². The zero-order chi connectivity index (χ0) is 35.0. The van der Waals surface area contributed by atoms with Crippen molar-refractivity contribution < 1.29 is 18.8 Å². The molecule has 1 atom stereocenters. The number of pyridine rings is 1. The van der Waals surface area contributed by atoms with Crippen LogP contribution < -0.4 is 10.5 Å². The van der Waals surface area contributed by atoms with Crippen LogP contribution in [0.3, 0.4) is 0 Å². The number of nitrogen functional groups attached to an aromatic ring is 1. The summed E-state index contributed by atoms with van der Waals surface area (Å²) < 4.78 is 18.8. The molecule has 0 radical (unpaired) electrons. The van der Waals surface area contributed by atoms with Crippen LogP contribution in [0.25, 0.3) is 32.0 Å². The Morgan fingerprint density at radius 2 is 1.62 bits per heavy atom. The summed E-state index contributed by atoms with van der Waals surface area (Å²) >= 11 is 2.86. The number of rotatable bonds is 9. The molecule has 0 amide bonds. The van der Waals surface area contributed by atoms with Gasteiger partial charge in [-0.25, -0.2) is 14.8 Å². The number of aliphatic carboxylic acids is 1. The molecule has 1 aromatic carbocycles. The number of ether oxygens (including phenoxy) is 1. The van der Waals surface area contributed by atoms with Crippen molar-refractivity contribution in [2.24, 2.45) is 0 Å². The highest BCUT2D eigenvalue weighted by Gasteiger charge is 2.21. The van der Waals surface area contributed by atoms with Crippen LogP contribution in [0.15, 0.2) is 137 Å². The molecule has 0 saturated heterocycles. The summed E-state index contributed by atoms with van der Waals surface area (Å²) in [5.41, 5.74) is 30.8. The predicted molar refractivity (Wildman–Crippen MR) is 195 cm³/mol. The van der Waals surface area contributed by atoms with Gasteiger partial charge in [-0.3, -0.25) is 4.21 Å². The lowest BCUT2D eigenvalue weighted by Gasteiger charge is -2.09. The van der Waals surface area contributed by atoms with E-state index < -0.39 is 23.4 Å². The first-order chi connectivity index (χ1) is 22.7. The van der Waals surface area contributed by atoms with E-state index in [1.807, 2.05) is 23.6 Å². The summed E-state index contributed by atoms with van der Waals surface area (Å²) in [5, 5.41) is 12.3. The summed E-state index contributed by atoms with van der Waals surface area (Å²) in [4.78, 5) is 20.6. The molecule has 3 heterocycles. The van der Waals surface area contributed by atoms with Gasteiger partial charge in [0.1, 0.15) is 25.5 Å². The first-order valence-electron chi connectivity index (χ1n) is 13.6. The monoisotopic (exact) mass is 679 g/mol. The van der Waals surface area contributed by atoms with Gasteiger partial charge >= 0.3 is 5.97 Å². The standard InChI is InChI=1S/C22H21N3O4S3.C7H4.C5H4.C3H4/c1-2-3-10-32(28)22-19(23)18-15(13-4-6-14(7-5-13)29-12-17(26)27)11-16(25-21(18)31-22)20-24-8-9-30-20;1-3-5-7-6-4-2;1-3-5-4-2;1-3-2/h4-9,11H,2-3,10,12,23H2,1H3,(H,26,27);1-2H2;1-2H2;1-2H2. The fraction of sp³-hybridized carbons (Fsp3) is 0.135. The van der Waals surface area contributed by atoms with Crippen LogP contribution in [0.5, 0.6) is 5.75 Å². The molecular weight excluding hydrogens is 647 g/mol. The summed E-state index contributed by atoms with van der Waals surface area (Å²) in [6.45, 7) is 20.8. The van der Waals surface area contributed by atoms with Crippen molar-refractivity contribution in [3.05, 3.63) is 133 Å². The number of nitrogens with two attached hydrogens (primary N) is 1. The Kier molecular flexibility index (Phi) is 19.2. The van der Waals surface area contributed by atoms with Gasteiger partial charge in [-0.1, -0.05) is 61.6 Å². The van der Waals surface area contributed by atoms with Gasteiger partial charge in [-0.15, -0.1) is 28.4 Å². The van der Waals surface area contributed by atoms with Crippen LogP contribution in [-0.4, -0.2) is 37.6 Å². The topological polar surface area (TPSA) is 115 Å². The number of nitrogens with zero attached hydrogens (tertiary/aromatic N) is 2. The molecule has 0 aliphatic heterocycles. The van der Waals surface area contributed by atoms with Crippen LogP contribution in [0.2, 0.25) is 0 Å². The molecule has 47 heavy (non-hydrogen) atoms. The Bertz CT molecular complexity index is 1970. The zero-order valence-corrected chi connectivity index (χ0v) is 28.4. The number of carboxylic acids is 1. The molecule has 0 spiro atoms. The minimum atomic E-state index is -1.18. The van der Waals surface area contributed by atoms with Gasteiger partial charge in [0.25, 0.3) is 0 Å². The van der Waals surface area contributed by atoms with Crippen molar-refractivity contribution in [1.29, 1.82) is 0 Å². The van der Waals surface area contributed by atoms with E-state index in [4.69, 9.17) is 20.6 Å². The molecule has 0 bridgehead atoms. The number of carboxylic acid groups (broad SMARTS) is 1. The van der Waals surface area contributed by atoms with Gasteiger partial charge in [-0.05, 0) is 85.0 Å². The van der Waals surface area contributed by atoms with E-state index in [0.717, 1.165) is 44.9 Å². The molecule has 4 rings (SSSR count). The third-order valence-corrected chi connectivity index (χ3v) is 9.00. The second kappa shape index (κ2) is 22.9. The number of carbonyl (C=O) groups is 1. The highest BCUT2D eigenvalue weighted by atomic mass is 32.2. The Hall–Kier alpha value is -5.58. The molecule has 3 N–H and O–H groups in total. The van der Waals surface area contributed by atoms with Crippen molar-refractivity contribution in [3.63, 3.8) is 0 Å². The number of anilines is 1. The SMILES string of the molecule is C=C=C.C=C=C=C=C.C=C=C=C=C=C=C.CCCCS(=O)c1sc2nc(-c3nccs3)cc(-c3ccc(OCC(=O)O)cc3)c2c1N. The lowest BCUT2D eigenvalue weighted by Crippen LogP contribution is -2.09. The number of benzene rings is 1. The van der Waals surface area contributed by atoms with Crippen LogP contribution in [0.1, 0.15) is 19.8 Å². The molecule has 4 aromatic rings. The molecule has 0 fully saturated rings. The maximum atomic E-state index is 12.9. The highest BCUT2D eigenvalue weighted by molar-refractivity contribution is 7.87. The van der Waals surface area contributed by atoms with E-state index in [-0.39, 0.29) is 0 Å². The van der Waals surface area contributed by atoms with Gasteiger partial charge in [0.2, 0.25) is 0 Å². The Morgan fingerprint density at radius 1 is 1.00 bits per heavy atom. The largest absolute Gasteiger partial charge is 0.482 e. The maximum absolute atomic E-state index is 12.9. The number of unbranched alkanes of at least 4 members (excludes halogenated alkanes) is 1. The molecule has 10 heteroatoms. The van der Waals surface area contributed by atoms with E-state index in [0.29, 0.717) is 21.4 Å². The van der Waals surface area contributed by atoms with E-state index in [2.05, 4.69) is 103 Å². The average Bonchev–Trinajstić information content (AvgIpc) is 3.73. The quantitative estimate of drug-likeness (QED) is 0.170. The number of thiazole rings is 1. The van der Waals surface area contributed by atoms with Crippen LogP contribution in [0.4, 0.5) is 5.69 Å². The van der Waals surface area contributed by atoms with Crippen LogP contribution >= 0.6 is 22.7 Å². The number of aromatic nitrogens is 2. The molecule has 0 aliphatic carbocycles. The molecule has 7 nitrogen and oxygen atoms in total. The fourth-order valence-electron chi connectivity index (χ4n) is 3.38. The van der Waals surface area contributed by atoms with E-state index >= 15 is 0 Å². The van der Waals surface area contributed by atoms with Gasteiger partial charge in [-0.2, -0.15) is 0 Å². The molecule has 238 valence electrons. The second-order valence-corrected chi connectivity index (χ2v) is 12.1. The van der Waals surface area contributed by atoms with Gasteiger partial charge < -0.3 is 15.6 Å². The van der Waals surface area contributed by atoms with Crippen LogP contribution in [-0.2, 0) is 15.6 Å². The normalized spacial score (nSPS) is 9.30. The summed E-state index contributed by atoms with van der Waals surface area (Å²) in [6, 6.07) is 9.08. The Balaban J connectivity index is 0.000000617. The zero-order valence-electron chi connectivity index (χ0n) is 26.0. The third-order valence-electron chi connectivity index (χ3n) is 5.21. The minimum absolute atomic E-state index is 0.405. The fourth-order valence-corrected chi connectivity index (χ4v) is 6.78. The third kappa shape index (κ3) is 13.5. The van der Waals surface area contributed by atoms with Crippen molar-refractivity contribution >= 4 is 55.3 Å². The Morgan fingerprint density at radius 3 is 2.11 bits per heavy atom. The van der Waals surface area contributed by atoms with Crippen molar-refractivity contribution in [2.75, 3.05) is 18.1 Å². The molecule has 0 saturated carbocycles. The highest BCUT2D eigenvalue weighted by Crippen LogP contribution is 2.43. The number of fused-ring (bicyclic) bond motifs is 1. The molecule has 0 aliphatic rings. The first-order valence-corrected chi connectivity index (χ1v) is 16.6. The smallest absolute Gasteiger partial charge is 0.341 e. The number of hydrogen-bond acceptors (Lipinski definition) is 8. The van der Waals surface area contributed by atoms with Crippen molar-refractivity contribution in [2.45, 2.75) is 24.0 Å². The lowest BCUT2D eigenvalue weighted by molar-refractivity contribution is -0.139. The Labute approximate surface area is 285 Å². The van der Waals surface area contributed by atoms with Crippen LogP contribution in [0, 0.1) is 0 Å². The van der Waals surface area contributed by atoms with E-state index in [9.17, 15) is 9.00 Å². The van der Waals surface area contributed by atoms with Crippen molar-refractivity contribution in [1.82, 2.24) is 9.97 Å². The summed E-state index contributed by atoms with van der Waals surface area (Å²) in [7, 11) is -1.18.